The summed E-state index contributed by atoms with van der Waals surface area (Å²) >= 11 is 20.7. The molecule has 0 aliphatic carbocycles. The molecular weight excluding hydrogens is 497 g/mol. The average Bonchev–Trinajstić information content (AvgIpc) is 3.14. The monoisotopic (exact) mass is 509 g/mol. The van der Waals surface area contributed by atoms with Gasteiger partial charge in [0.15, 0.2) is 5.11 Å². The van der Waals surface area contributed by atoms with E-state index in [0.717, 1.165) is 10.2 Å². The van der Waals surface area contributed by atoms with Crippen LogP contribution >= 0.6 is 51.3 Å². The molecule has 1 aromatic carbocycles. The number of carbonyl (C=O) groups excluding carboxylic acids is 1. The van der Waals surface area contributed by atoms with Crippen LogP contribution in [0, 0.1) is 6.92 Å². The fourth-order valence-electron chi connectivity index (χ4n) is 2.35. The summed E-state index contributed by atoms with van der Waals surface area (Å²) in [6.07, 6.45) is 2.85. The van der Waals surface area contributed by atoms with Crippen LogP contribution in [0.2, 0.25) is 10.0 Å². The zero-order chi connectivity index (χ0) is 21.0. The molecule has 1 amide bonds. The number of amides is 1. The van der Waals surface area contributed by atoms with E-state index in [4.69, 9.17) is 39.8 Å². The van der Waals surface area contributed by atoms with Crippen LogP contribution in [0.1, 0.15) is 11.5 Å². The Labute approximate surface area is 191 Å². The summed E-state index contributed by atoms with van der Waals surface area (Å²) in [5.74, 6) is 1.16. The van der Waals surface area contributed by atoms with Gasteiger partial charge in [-0.3, -0.25) is 10.1 Å². The molecule has 2 heterocycles. The second-order valence-electron chi connectivity index (χ2n) is 5.84. The van der Waals surface area contributed by atoms with Gasteiger partial charge in [-0.2, -0.15) is 0 Å². The van der Waals surface area contributed by atoms with Crippen molar-refractivity contribution >= 4 is 74.3 Å². The SMILES string of the molecule is Cc1nc(NC(=S)NC(=O)C=Cc2ccc(-c3cccc(Cl)c3Cl)o2)ccc1Br. The van der Waals surface area contributed by atoms with Gasteiger partial charge < -0.3 is 9.73 Å². The molecule has 3 aromatic rings. The summed E-state index contributed by atoms with van der Waals surface area (Å²) in [4.78, 5) is 16.4. The van der Waals surface area contributed by atoms with Crippen molar-refractivity contribution in [3.8, 4) is 11.3 Å². The summed E-state index contributed by atoms with van der Waals surface area (Å²) in [6, 6.07) is 12.3. The van der Waals surface area contributed by atoms with E-state index < -0.39 is 5.91 Å². The third-order valence-electron chi connectivity index (χ3n) is 3.74. The molecule has 2 N–H and O–H groups in total. The summed E-state index contributed by atoms with van der Waals surface area (Å²) in [5.41, 5.74) is 1.48. The number of carbonyl (C=O) groups is 1. The molecule has 0 aliphatic heterocycles. The summed E-state index contributed by atoms with van der Waals surface area (Å²) < 4.78 is 6.59. The highest BCUT2D eigenvalue weighted by Gasteiger charge is 2.10. The Hall–Kier alpha value is -2.19. The summed E-state index contributed by atoms with van der Waals surface area (Å²) in [7, 11) is 0. The minimum Gasteiger partial charge on any atom is -0.457 e. The number of benzene rings is 1. The van der Waals surface area contributed by atoms with E-state index in [2.05, 4.69) is 31.5 Å². The van der Waals surface area contributed by atoms with E-state index in [0.29, 0.717) is 32.9 Å². The second-order valence-corrected chi connectivity index (χ2v) is 7.89. The maximum absolute atomic E-state index is 12.1. The van der Waals surface area contributed by atoms with Crippen LogP contribution in [0.5, 0.6) is 0 Å². The van der Waals surface area contributed by atoms with Crippen molar-refractivity contribution in [1.82, 2.24) is 10.3 Å². The number of halogens is 3. The first-order valence-electron chi connectivity index (χ1n) is 8.31. The lowest BCUT2D eigenvalue weighted by atomic mass is 10.2. The van der Waals surface area contributed by atoms with Gasteiger partial charge in [-0.1, -0.05) is 29.3 Å². The maximum atomic E-state index is 12.1. The predicted molar refractivity (Wildman–Crippen MR) is 124 cm³/mol. The van der Waals surface area contributed by atoms with Crippen LogP contribution in [-0.2, 0) is 4.79 Å². The number of hydrogen-bond donors (Lipinski definition) is 2. The quantitative estimate of drug-likeness (QED) is 0.321. The van der Waals surface area contributed by atoms with Gasteiger partial charge in [0.25, 0.3) is 0 Å². The van der Waals surface area contributed by atoms with Crippen LogP contribution in [0.3, 0.4) is 0 Å². The molecule has 29 heavy (non-hydrogen) atoms. The van der Waals surface area contributed by atoms with Crippen molar-refractivity contribution in [3.63, 3.8) is 0 Å². The first kappa shape index (κ1) is 21.5. The molecule has 3 rings (SSSR count). The van der Waals surface area contributed by atoms with Gasteiger partial charge in [-0.15, -0.1) is 0 Å². The Bertz CT molecular complexity index is 1110. The van der Waals surface area contributed by atoms with E-state index >= 15 is 0 Å². The van der Waals surface area contributed by atoms with E-state index in [1.54, 1.807) is 36.4 Å². The van der Waals surface area contributed by atoms with Crippen LogP contribution < -0.4 is 10.6 Å². The molecule has 0 saturated carbocycles. The minimum absolute atomic E-state index is 0.139. The number of aryl methyl sites for hydroxylation is 1. The standard InChI is InChI=1S/C20H14BrCl2N3O2S/c1-11-14(21)7-9-17(24-11)25-20(29)26-18(27)10-6-12-5-8-16(28-12)13-3-2-4-15(22)19(13)23/h2-10H,1H3,(H2,24,25,26,27,29). The Morgan fingerprint density at radius 1 is 1.21 bits per heavy atom. The molecule has 5 nitrogen and oxygen atoms in total. The van der Waals surface area contributed by atoms with Crippen LogP contribution in [0.25, 0.3) is 17.4 Å². The number of nitrogens with zero attached hydrogens (tertiary/aromatic N) is 1. The zero-order valence-corrected chi connectivity index (χ0v) is 18.9. The van der Waals surface area contributed by atoms with Gasteiger partial charge in [0, 0.05) is 16.1 Å². The van der Waals surface area contributed by atoms with Gasteiger partial charge in [-0.25, -0.2) is 4.98 Å². The predicted octanol–water partition coefficient (Wildman–Crippen LogP) is 6.25. The number of hydrogen-bond acceptors (Lipinski definition) is 4. The molecular formula is C20H14BrCl2N3O2S. The number of rotatable bonds is 4. The number of pyridine rings is 1. The Morgan fingerprint density at radius 3 is 2.76 bits per heavy atom. The highest BCUT2D eigenvalue weighted by Crippen LogP contribution is 2.34. The lowest BCUT2D eigenvalue weighted by Crippen LogP contribution is -2.33. The Balaban J connectivity index is 1.60. The first-order chi connectivity index (χ1) is 13.8. The molecule has 0 atom stereocenters. The molecule has 0 unspecified atom stereocenters. The third-order valence-corrected chi connectivity index (χ3v) is 5.60. The zero-order valence-electron chi connectivity index (χ0n) is 15.0. The highest BCUT2D eigenvalue weighted by atomic mass is 79.9. The molecule has 0 fully saturated rings. The number of aromatic nitrogens is 1. The largest absolute Gasteiger partial charge is 0.457 e. The lowest BCUT2D eigenvalue weighted by Gasteiger charge is -2.08. The van der Waals surface area contributed by atoms with Gasteiger partial charge in [0.1, 0.15) is 17.3 Å². The topological polar surface area (TPSA) is 67.2 Å². The van der Waals surface area contributed by atoms with Gasteiger partial charge in [0.05, 0.1) is 15.7 Å². The van der Waals surface area contributed by atoms with Crippen molar-refractivity contribution in [1.29, 1.82) is 0 Å². The molecule has 0 spiro atoms. The molecule has 0 radical (unpaired) electrons. The number of furan rings is 1. The smallest absolute Gasteiger partial charge is 0.250 e. The second kappa shape index (κ2) is 9.54. The normalized spacial score (nSPS) is 10.9. The fourth-order valence-corrected chi connectivity index (χ4v) is 3.17. The summed E-state index contributed by atoms with van der Waals surface area (Å²) in [5, 5.41) is 6.39. The maximum Gasteiger partial charge on any atom is 0.250 e. The molecule has 2 aromatic heterocycles. The molecule has 0 bridgehead atoms. The molecule has 148 valence electrons. The molecule has 0 aliphatic rings. The van der Waals surface area contributed by atoms with Crippen molar-refractivity contribution in [2.45, 2.75) is 6.92 Å². The molecule has 9 heteroatoms. The third kappa shape index (κ3) is 5.67. The average molecular weight is 511 g/mol. The van der Waals surface area contributed by atoms with E-state index in [1.807, 2.05) is 13.0 Å². The van der Waals surface area contributed by atoms with E-state index in [-0.39, 0.29) is 5.11 Å². The van der Waals surface area contributed by atoms with Crippen molar-refractivity contribution in [3.05, 3.63) is 74.5 Å². The number of thiocarbonyl (C=S) groups is 1. The molecule has 0 saturated heterocycles. The first-order valence-corrected chi connectivity index (χ1v) is 10.3. The Morgan fingerprint density at radius 2 is 2.00 bits per heavy atom. The van der Waals surface area contributed by atoms with Crippen LogP contribution in [-0.4, -0.2) is 16.0 Å². The van der Waals surface area contributed by atoms with Gasteiger partial charge >= 0.3 is 0 Å². The van der Waals surface area contributed by atoms with E-state index in [9.17, 15) is 4.79 Å². The van der Waals surface area contributed by atoms with Gasteiger partial charge in [0.2, 0.25) is 5.91 Å². The van der Waals surface area contributed by atoms with Crippen molar-refractivity contribution in [2.24, 2.45) is 0 Å². The van der Waals surface area contributed by atoms with Crippen molar-refractivity contribution in [2.75, 3.05) is 5.32 Å². The highest BCUT2D eigenvalue weighted by molar-refractivity contribution is 9.10. The number of nitrogens with one attached hydrogen (secondary N) is 2. The van der Waals surface area contributed by atoms with Crippen LogP contribution in [0.4, 0.5) is 5.82 Å². The Kier molecular flexibility index (Phi) is 7.08. The van der Waals surface area contributed by atoms with Crippen LogP contribution in [0.15, 0.2) is 57.4 Å². The fraction of sp³-hybridized carbons (Fsp3) is 0.0500. The van der Waals surface area contributed by atoms with Gasteiger partial charge in [-0.05, 0) is 77.5 Å². The minimum atomic E-state index is -0.407. The number of anilines is 1. The summed E-state index contributed by atoms with van der Waals surface area (Å²) in [6.45, 7) is 1.85. The lowest BCUT2D eigenvalue weighted by molar-refractivity contribution is -0.115. The van der Waals surface area contributed by atoms with Crippen molar-refractivity contribution < 1.29 is 9.21 Å². The van der Waals surface area contributed by atoms with E-state index in [1.165, 1.54) is 12.2 Å².